The third-order valence-corrected chi connectivity index (χ3v) is 7.36. The lowest BCUT2D eigenvalue weighted by Crippen LogP contribution is -2.56. The van der Waals surface area contributed by atoms with Crippen LogP contribution < -0.4 is 4.90 Å². The van der Waals surface area contributed by atoms with Crippen molar-refractivity contribution in [1.82, 2.24) is 9.80 Å². The van der Waals surface area contributed by atoms with Gasteiger partial charge in [-0.25, -0.2) is 0 Å². The van der Waals surface area contributed by atoms with Crippen LogP contribution in [0.3, 0.4) is 0 Å². The number of amides is 2. The normalized spacial score (nSPS) is 33.4. The maximum absolute atomic E-state index is 13.7. The number of likely N-dealkylation sites (N-methyl/N-ethyl adjacent to an activating group) is 1. The molecule has 5 heteroatoms. The number of carbonyl (C=O) groups is 2. The van der Waals surface area contributed by atoms with E-state index in [-0.39, 0.29) is 17.7 Å². The van der Waals surface area contributed by atoms with Crippen molar-refractivity contribution in [2.45, 2.75) is 56.5 Å². The van der Waals surface area contributed by atoms with Gasteiger partial charge in [0.2, 0.25) is 5.91 Å². The second kappa shape index (κ2) is 6.33. The van der Waals surface area contributed by atoms with Gasteiger partial charge in [-0.15, -0.1) is 0 Å². The summed E-state index contributed by atoms with van der Waals surface area (Å²) >= 11 is 0. The molecule has 5 rings (SSSR count). The number of likely N-dealkylation sites (tertiary alicyclic amines) is 1. The number of anilines is 1. The van der Waals surface area contributed by atoms with Gasteiger partial charge in [-0.05, 0) is 44.7 Å². The summed E-state index contributed by atoms with van der Waals surface area (Å²) < 4.78 is 0. The standard InChI is InChI=1S/C22H29N3O2/c1-23-19-11-5-4-10-17(19)22(21(23)27)18(15-16-9-8-14-25(16)22)20(26)24-12-6-2-3-7-13-24/h4-5,10-11,16,18H,2-3,6-9,12-15H2,1H3. The molecule has 0 saturated carbocycles. The fourth-order valence-electron chi connectivity index (χ4n) is 6.16. The Morgan fingerprint density at radius 1 is 1.04 bits per heavy atom. The van der Waals surface area contributed by atoms with Crippen molar-refractivity contribution in [1.29, 1.82) is 0 Å². The molecular formula is C22H29N3O2. The fourth-order valence-corrected chi connectivity index (χ4v) is 6.16. The number of carbonyl (C=O) groups excluding carboxylic acids is 2. The summed E-state index contributed by atoms with van der Waals surface area (Å²) in [4.78, 5) is 33.7. The number of fused-ring (bicyclic) bond motifs is 4. The molecule has 1 aromatic carbocycles. The molecule has 3 unspecified atom stereocenters. The Labute approximate surface area is 161 Å². The molecular weight excluding hydrogens is 338 g/mol. The summed E-state index contributed by atoms with van der Waals surface area (Å²) in [6.45, 7) is 2.62. The van der Waals surface area contributed by atoms with Crippen LogP contribution in [-0.4, -0.2) is 54.3 Å². The average Bonchev–Trinajstić information content (AvgIpc) is 3.23. The van der Waals surface area contributed by atoms with Crippen LogP contribution in [0.5, 0.6) is 0 Å². The van der Waals surface area contributed by atoms with Crippen molar-refractivity contribution in [3.05, 3.63) is 29.8 Å². The highest BCUT2D eigenvalue weighted by Crippen LogP contribution is 2.57. The number of hydrogen-bond acceptors (Lipinski definition) is 3. The van der Waals surface area contributed by atoms with E-state index in [1.807, 2.05) is 25.2 Å². The third kappa shape index (κ3) is 2.27. The number of para-hydroxylation sites is 1. The Hall–Kier alpha value is -1.88. The van der Waals surface area contributed by atoms with Gasteiger partial charge in [0, 0.05) is 37.4 Å². The summed E-state index contributed by atoms with van der Waals surface area (Å²) in [6, 6.07) is 8.47. The molecule has 3 fully saturated rings. The predicted molar refractivity (Wildman–Crippen MR) is 104 cm³/mol. The quantitative estimate of drug-likeness (QED) is 0.767. The smallest absolute Gasteiger partial charge is 0.252 e. The summed E-state index contributed by atoms with van der Waals surface area (Å²) in [5.41, 5.74) is 1.24. The van der Waals surface area contributed by atoms with E-state index in [9.17, 15) is 9.59 Å². The van der Waals surface area contributed by atoms with Crippen LogP contribution >= 0.6 is 0 Å². The second-order valence-corrected chi connectivity index (χ2v) is 8.66. The van der Waals surface area contributed by atoms with E-state index in [1.54, 1.807) is 4.90 Å². The lowest BCUT2D eigenvalue weighted by molar-refractivity contribution is -0.145. The average molecular weight is 367 g/mol. The largest absolute Gasteiger partial charge is 0.342 e. The van der Waals surface area contributed by atoms with E-state index in [0.29, 0.717) is 6.04 Å². The number of hydrogen-bond donors (Lipinski definition) is 0. The van der Waals surface area contributed by atoms with Gasteiger partial charge < -0.3 is 9.80 Å². The maximum Gasteiger partial charge on any atom is 0.252 e. The summed E-state index contributed by atoms with van der Waals surface area (Å²) in [5.74, 6) is 0.0607. The van der Waals surface area contributed by atoms with Crippen LogP contribution in [0.15, 0.2) is 24.3 Å². The summed E-state index contributed by atoms with van der Waals surface area (Å²) in [7, 11) is 1.87. The SMILES string of the molecule is CN1C(=O)C2(c3ccccc31)C(C(=O)N1CCCCCC1)CC1CCCN12. The van der Waals surface area contributed by atoms with Gasteiger partial charge in [0.15, 0.2) is 0 Å². The van der Waals surface area contributed by atoms with E-state index >= 15 is 0 Å². The third-order valence-electron chi connectivity index (χ3n) is 7.36. The van der Waals surface area contributed by atoms with E-state index in [1.165, 1.54) is 12.8 Å². The van der Waals surface area contributed by atoms with Gasteiger partial charge in [-0.3, -0.25) is 14.5 Å². The first-order chi connectivity index (χ1) is 13.2. The first-order valence-corrected chi connectivity index (χ1v) is 10.6. The zero-order valence-electron chi connectivity index (χ0n) is 16.2. The molecule has 0 aliphatic carbocycles. The molecule has 0 bridgehead atoms. The van der Waals surface area contributed by atoms with Gasteiger partial charge >= 0.3 is 0 Å². The van der Waals surface area contributed by atoms with Crippen LogP contribution in [0.1, 0.15) is 50.5 Å². The molecule has 2 amide bonds. The highest BCUT2D eigenvalue weighted by atomic mass is 16.2. The number of nitrogens with zero attached hydrogens (tertiary/aromatic N) is 3. The predicted octanol–water partition coefficient (Wildman–Crippen LogP) is 2.75. The zero-order valence-corrected chi connectivity index (χ0v) is 16.2. The van der Waals surface area contributed by atoms with E-state index in [4.69, 9.17) is 0 Å². The van der Waals surface area contributed by atoms with Crippen LogP contribution in [0.25, 0.3) is 0 Å². The van der Waals surface area contributed by atoms with Gasteiger partial charge in [-0.1, -0.05) is 31.0 Å². The van der Waals surface area contributed by atoms with E-state index < -0.39 is 5.54 Å². The minimum Gasteiger partial charge on any atom is -0.342 e. The summed E-state index contributed by atoms with van der Waals surface area (Å²) in [5, 5.41) is 0. The van der Waals surface area contributed by atoms with Crippen molar-refractivity contribution >= 4 is 17.5 Å². The van der Waals surface area contributed by atoms with Gasteiger partial charge in [0.1, 0.15) is 5.54 Å². The van der Waals surface area contributed by atoms with Gasteiger partial charge in [-0.2, -0.15) is 0 Å². The summed E-state index contributed by atoms with van der Waals surface area (Å²) in [6.07, 6.45) is 7.63. The first-order valence-electron chi connectivity index (χ1n) is 10.6. The molecule has 1 spiro atoms. The van der Waals surface area contributed by atoms with Crippen molar-refractivity contribution in [2.24, 2.45) is 5.92 Å². The van der Waals surface area contributed by atoms with Crippen molar-refractivity contribution in [3.63, 3.8) is 0 Å². The van der Waals surface area contributed by atoms with Crippen molar-refractivity contribution in [2.75, 3.05) is 31.6 Å². The Kier molecular flexibility index (Phi) is 4.04. The van der Waals surface area contributed by atoms with Gasteiger partial charge in [0.05, 0.1) is 5.92 Å². The molecule has 5 nitrogen and oxygen atoms in total. The minimum atomic E-state index is -0.782. The Bertz CT molecular complexity index is 771. The molecule has 4 heterocycles. The highest BCUT2D eigenvalue weighted by Gasteiger charge is 2.67. The molecule has 1 aromatic rings. The van der Waals surface area contributed by atoms with Crippen LogP contribution in [0.4, 0.5) is 5.69 Å². The molecule has 4 aliphatic rings. The highest BCUT2D eigenvalue weighted by molar-refractivity contribution is 6.10. The zero-order chi connectivity index (χ0) is 18.6. The van der Waals surface area contributed by atoms with Crippen LogP contribution in [0.2, 0.25) is 0 Å². The molecule has 3 atom stereocenters. The minimum absolute atomic E-state index is 0.0984. The van der Waals surface area contributed by atoms with E-state index in [0.717, 1.165) is 63.0 Å². The molecule has 144 valence electrons. The maximum atomic E-state index is 13.7. The molecule has 0 N–H and O–H groups in total. The second-order valence-electron chi connectivity index (χ2n) is 8.66. The van der Waals surface area contributed by atoms with Gasteiger partial charge in [0.25, 0.3) is 5.91 Å². The van der Waals surface area contributed by atoms with Crippen molar-refractivity contribution in [3.8, 4) is 0 Å². The first kappa shape index (κ1) is 17.2. The lowest BCUT2D eigenvalue weighted by Gasteiger charge is -2.38. The molecule has 0 aromatic heterocycles. The molecule has 27 heavy (non-hydrogen) atoms. The number of benzene rings is 1. The van der Waals surface area contributed by atoms with E-state index in [2.05, 4.69) is 15.9 Å². The van der Waals surface area contributed by atoms with Crippen LogP contribution in [0, 0.1) is 5.92 Å². The van der Waals surface area contributed by atoms with Crippen molar-refractivity contribution < 1.29 is 9.59 Å². The molecule has 3 saturated heterocycles. The Balaban J connectivity index is 1.61. The lowest BCUT2D eigenvalue weighted by atomic mass is 9.78. The number of rotatable bonds is 1. The topological polar surface area (TPSA) is 43.9 Å². The monoisotopic (exact) mass is 367 g/mol. The fraction of sp³-hybridized carbons (Fsp3) is 0.636. The molecule has 4 aliphatic heterocycles. The molecule has 0 radical (unpaired) electrons. The Morgan fingerprint density at radius 2 is 1.78 bits per heavy atom. The Morgan fingerprint density at radius 3 is 2.56 bits per heavy atom. The van der Waals surface area contributed by atoms with Crippen LogP contribution in [-0.2, 0) is 15.1 Å².